The molecule has 0 saturated carbocycles. The van der Waals surface area contributed by atoms with Crippen LogP contribution in [0.2, 0.25) is 0 Å². The van der Waals surface area contributed by atoms with Crippen molar-refractivity contribution in [2.45, 2.75) is 51.4 Å². The second-order valence-corrected chi connectivity index (χ2v) is 9.09. The van der Waals surface area contributed by atoms with E-state index in [0.29, 0.717) is 0 Å². The first-order valence-electron chi connectivity index (χ1n) is 12.9. The second-order valence-electron chi connectivity index (χ2n) is 9.09. The second kappa shape index (κ2) is 14.3. The first-order chi connectivity index (χ1) is 18.0. The highest BCUT2D eigenvalue weighted by Gasteiger charge is 2.18. The number of methoxy groups -OCH3 is 1. The van der Waals surface area contributed by atoms with Gasteiger partial charge >= 0.3 is 0 Å². The molecule has 0 bridgehead atoms. The van der Waals surface area contributed by atoms with Gasteiger partial charge in [0.25, 0.3) is 0 Å². The van der Waals surface area contributed by atoms with Crippen molar-refractivity contribution in [3.63, 3.8) is 0 Å². The summed E-state index contributed by atoms with van der Waals surface area (Å²) in [4.78, 5) is 0. The third kappa shape index (κ3) is 7.98. The molecule has 0 saturated heterocycles. The van der Waals surface area contributed by atoms with Gasteiger partial charge in [0.1, 0.15) is 23.2 Å². The molecule has 0 heterocycles. The highest BCUT2D eigenvalue weighted by atomic mass is 19.1. The molecule has 0 radical (unpaired) electrons. The van der Waals surface area contributed by atoms with E-state index in [0.717, 1.165) is 53.7 Å². The molecule has 4 rings (SSSR count). The van der Waals surface area contributed by atoms with Crippen LogP contribution >= 0.6 is 0 Å². The van der Waals surface area contributed by atoms with E-state index in [1.54, 1.807) is 31.4 Å². The molecule has 194 valence electrons. The maximum absolute atomic E-state index is 13.4. The van der Waals surface area contributed by atoms with Crippen LogP contribution in [0.4, 0.5) is 13.2 Å². The third-order valence-electron chi connectivity index (χ3n) is 6.42. The third-order valence-corrected chi connectivity index (χ3v) is 6.42. The van der Waals surface area contributed by atoms with E-state index in [1.807, 2.05) is 36.4 Å². The Kier molecular flexibility index (Phi) is 10.8. The summed E-state index contributed by atoms with van der Waals surface area (Å²) in [6.45, 7) is 4.22. The van der Waals surface area contributed by atoms with E-state index in [1.165, 1.54) is 30.3 Å². The van der Waals surface area contributed by atoms with Crippen LogP contribution in [-0.2, 0) is 0 Å². The van der Waals surface area contributed by atoms with Crippen molar-refractivity contribution in [1.82, 2.24) is 0 Å². The predicted octanol–water partition coefficient (Wildman–Crippen LogP) is 9.66. The topological polar surface area (TPSA) is 9.23 Å². The fourth-order valence-electron chi connectivity index (χ4n) is 4.73. The molecule has 37 heavy (non-hydrogen) atoms. The van der Waals surface area contributed by atoms with Crippen LogP contribution in [0.3, 0.4) is 0 Å². The van der Waals surface area contributed by atoms with Crippen molar-refractivity contribution >= 4 is 0 Å². The Hall–Kier alpha value is -3.53. The fourth-order valence-corrected chi connectivity index (χ4v) is 4.73. The quantitative estimate of drug-likeness (QED) is 0.220. The summed E-state index contributed by atoms with van der Waals surface area (Å²) in [5.74, 6) is 0.423. The van der Waals surface area contributed by atoms with Crippen LogP contribution in [-0.4, -0.2) is 7.11 Å². The van der Waals surface area contributed by atoms with Gasteiger partial charge in [-0.3, -0.25) is 0 Å². The normalized spacial score (nSPS) is 11.5. The summed E-state index contributed by atoms with van der Waals surface area (Å²) in [6.07, 6.45) is 3.87. The van der Waals surface area contributed by atoms with Gasteiger partial charge in [-0.2, -0.15) is 0 Å². The molecular formula is C33H35F3O. The lowest BCUT2D eigenvalue weighted by molar-refractivity contribution is 0.406. The predicted molar refractivity (Wildman–Crippen MR) is 146 cm³/mol. The number of benzene rings is 4. The number of para-hydroxylation sites is 1. The maximum atomic E-state index is 13.4. The van der Waals surface area contributed by atoms with Gasteiger partial charge in [0.2, 0.25) is 0 Å². The van der Waals surface area contributed by atoms with E-state index >= 15 is 0 Å². The van der Waals surface area contributed by atoms with Crippen LogP contribution in [0.5, 0.6) is 5.75 Å². The summed E-state index contributed by atoms with van der Waals surface area (Å²) in [7, 11) is 1.67. The minimum Gasteiger partial charge on any atom is -0.496 e. The van der Waals surface area contributed by atoms with Gasteiger partial charge in [-0.15, -0.1) is 0 Å². The molecule has 4 aromatic carbocycles. The van der Waals surface area contributed by atoms with Gasteiger partial charge in [-0.05, 0) is 72.0 Å². The molecule has 0 aliphatic rings. The summed E-state index contributed by atoms with van der Waals surface area (Å²) in [5.41, 5.74) is 3.94. The monoisotopic (exact) mass is 504 g/mol. The molecule has 1 nitrogen and oxygen atoms in total. The van der Waals surface area contributed by atoms with Gasteiger partial charge in [0, 0.05) is 17.4 Å². The molecule has 0 spiro atoms. The van der Waals surface area contributed by atoms with Crippen molar-refractivity contribution < 1.29 is 17.9 Å². The van der Waals surface area contributed by atoms with E-state index in [2.05, 4.69) is 19.9 Å². The Balaban J connectivity index is 0.000000206. The highest BCUT2D eigenvalue weighted by molar-refractivity contribution is 5.42. The Morgan fingerprint density at radius 2 is 1.00 bits per heavy atom. The van der Waals surface area contributed by atoms with Crippen molar-refractivity contribution in [1.29, 1.82) is 0 Å². The fraction of sp³-hybridized carbons (Fsp3) is 0.273. The number of ether oxygens (including phenoxy) is 1. The van der Waals surface area contributed by atoms with Gasteiger partial charge in [-0.1, -0.05) is 81.3 Å². The van der Waals surface area contributed by atoms with Crippen LogP contribution in [0.25, 0.3) is 0 Å². The summed E-state index contributed by atoms with van der Waals surface area (Å²) < 4.78 is 45.4. The molecule has 0 N–H and O–H groups in total. The van der Waals surface area contributed by atoms with Crippen molar-refractivity contribution in [2.75, 3.05) is 7.11 Å². The van der Waals surface area contributed by atoms with E-state index in [4.69, 9.17) is 4.74 Å². The zero-order chi connectivity index (χ0) is 26.6. The molecule has 1 unspecified atom stereocenters. The Bertz CT molecular complexity index is 1210. The van der Waals surface area contributed by atoms with Crippen LogP contribution in [0, 0.1) is 17.5 Å². The van der Waals surface area contributed by atoms with Crippen LogP contribution in [0.15, 0.2) is 97.1 Å². The minimum absolute atomic E-state index is 0.0569. The molecule has 0 aliphatic heterocycles. The van der Waals surface area contributed by atoms with Crippen molar-refractivity contribution in [3.8, 4) is 5.75 Å². The standard InChI is InChI=1S/C17H19FO.C16H16F2/c1-3-7-15(13-8-6-9-14(18)12-13)16-10-4-5-11-17(16)19-2;1-2-5-16(12-6-3-8-14(17)10-12)13-7-4-9-15(18)11-13/h4-6,8-12,15H,3,7H2,1-2H3;3-4,6-11,16H,2,5H2,1H3. The lowest BCUT2D eigenvalue weighted by Gasteiger charge is -2.20. The molecule has 0 amide bonds. The van der Waals surface area contributed by atoms with Crippen molar-refractivity contribution in [3.05, 3.63) is 137 Å². The molecule has 0 aliphatic carbocycles. The zero-order valence-corrected chi connectivity index (χ0v) is 21.8. The largest absolute Gasteiger partial charge is 0.496 e. The number of rotatable bonds is 9. The Morgan fingerprint density at radius 3 is 1.43 bits per heavy atom. The molecular weight excluding hydrogens is 469 g/mol. The van der Waals surface area contributed by atoms with Crippen LogP contribution in [0.1, 0.15) is 73.6 Å². The lowest BCUT2D eigenvalue weighted by Crippen LogP contribution is -2.03. The van der Waals surface area contributed by atoms with Crippen LogP contribution < -0.4 is 4.74 Å². The smallest absolute Gasteiger partial charge is 0.123 e. The average molecular weight is 505 g/mol. The number of hydrogen-bond acceptors (Lipinski definition) is 1. The first kappa shape index (κ1) is 28.0. The minimum atomic E-state index is -0.245. The van der Waals surface area contributed by atoms with Crippen molar-refractivity contribution in [2.24, 2.45) is 0 Å². The Morgan fingerprint density at radius 1 is 0.568 bits per heavy atom. The summed E-state index contributed by atoms with van der Waals surface area (Å²) in [5, 5.41) is 0. The molecule has 4 aromatic rings. The van der Waals surface area contributed by atoms with E-state index < -0.39 is 0 Å². The summed E-state index contributed by atoms with van der Waals surface area (Å²) in [6, 6.07) is 27.9. The van der Waals surface area contributed by atoms with Gasteiger partial charge in [0.05, 0.1) is 7.11 Å². The Labute approximate surface area is 219 Å². The molecule has 1 atom stereocenters. The SMILES string of the molecule is CCCC(c1cccc(F)c1)c1cccc(F)c1.CCCC(c1cccc(F)c1)c1ccccc1OC. The van der Waals surface area contributed by atoms with E-state index in [9.17, 15) is 13.2 Å². The van der Waals surface area contributed by atoms with Gasteiger partial charge in [0.15, 0.2) is 0 Å². The average Bonchev–Trinajstić information content (AvgIpc) is 2.91. The first-order valence-corrected chi connectivity index (χ1v) is 12.9. The number of hydrogen-bond donors (Lipinski definition) is 0. The summed E-state index contributed by atoms with van der Waals surface area (Å²) >= 11 is 0. The van der Waals surface area contributed by atoms with Gasteiger partial charge in [-0.25, -0.2) is 13.2 Å². The highest BCUT2D eigenvalue weighted by Crippen LogP contribution is 2.35. The molecule has 4 heteroatoms. The maximum Gasteiger partial charge on any atom is 0.123 e. The molecule has 0 fully saturated rings. The lowest BCUT2D eigenvalue weighted by atomic mass is 9.87. The molecule has 0 aromatic heterocycles. The van der Waals surface area contributed by atoms with E-state index in [-0.39, 0.29) is 29.3 Å². The van der Waals surface area contributed by atoms with Gasteiger partial charge < -0.3 is 4.74 Å². The number of halogens is 3. The zero-order valence-electron chi connectivity index (χ0n) is 21.8.